The van der Waals surface area contributed by atoms with Gasteiger partial charge < -0.3 is 10.1 Å². The molecule has 0 saturated carbocycles. The summed E-state index contributed by atoms with van der Waals surface area (Å²) in [6, 6.07) is 10.7. The Hall–Kier alpha value is -3.23. The number of ether oxygens (including phenoxy) is 1. The average molecular weight is 573 g/mol. The van der Waals surface area contributed by atoms with Crippen molar-refractivity contribution in [2.45, 2.75) is 31.2 Å². The Morgan fingerprint density at radius 1 is 1.15 bits per heavy atom. The highest BCUT2D eigenvalue weighted by atomic mass is 35.5. The van der Waals surface area contributed by atoms with Crippen LogP contribution in [0, 0.1) is 17.7 Å². The summed E-state index contributed by atoms with van der Waals surface area (Å²) in [5.74, 6) is 4.66. The molecular formula is C28H30ClFN4O4S. The maximum absolute atomic E-state index is 15.6. The second-order valence-corrected chi connectivity index (χ2v) is 12.7. The van der Waals surface area contributed by atoms with Crippen LogP contribution in [-0.4, -0.2) is 73.6 Å². The van der Waals surface area contributed by atoms with E-state index in [4.69, 9.17) is 16.3 Å². The number of sulfone groups is 1. The molecule has 0 radical (unpaired) electrons. The Labute approximate surface area is 233 Å². The third-order valence-corrected chi connectivity index (χ3v) is 7.23. The number of aromatic nitrogens is 2. The lowest BCUT2D eigenvalue weighted by Gasteiger charge is -2.24. The highest BCUT2D eigenvalue weighted by Gasteiger charge is 2.33. The Kier molecular flexibility index (Phi) is 8.47. The fourth-order valence-corrected chi connectivity index (χ4v) is 5.27. The molecule has 1 saturated heterocycles. The lowest BCUT2D eigenvalue weighted by atomic mass is 10.1. The first-order valence-electron chi connectivity index (χ1n) is 12.3. The summed E-state index contributed by atoms with van der Waals surface area (Å²) >= 11 is 6.06. The van der Waals surface area contributed by atoms with Crippen LogP contribution in [0.15, 0.2) is 47.4 Å². The number of hydrogen-bond donors (Lipinski definition) is 1. The summed E-state index contributed by atoms with van der Waals surface area (Å²) in [4.78, 5) is 15.0. The van der Waals surface area contributed by atoms with E-state index in [1.165, 1.54) is 12.1 Å². The minimum atomic E-state index is -3.99. The molecule has 1 amide bonds. The summed E-state index contributed by atoms with van der Waals surface area (Å²) in [5, 5.41) is 7.52. The standard InChI is InChI=1S/C28H30ClFN4O4S/c1-28(2,3)31-27(35)24-26(39(4,36)37)25(20-8-10-21(29)11-9-20)34(32-24)23-12-7-19(18-22(23)30)6-5-13-33-14-16-38-17-15-33/h7-12,18H,13-17H2,1-4H3,(H,31,35). The quantitative estimate of drug-likeness (QED) is 0.466. The third-order valence-electron chi connectivity index (χ3n) is 5.85. The lowest BCUT2D eigenvalue weighted by molar-refractivity contribution is 0.0443. The molecule has 0 unspecified atom stereocenters. The molecule has 1 aromatic heterocycles. The summed E-state index contributed by atoms with van der Waals surface area (Å²) in [6.07, 6.45) is 0.991. The normalized spacial score (nSPS) is 14.5. The van der Waals surface area contributed by atoms with Crippen LogP contribution in [0.3, 0.4) is 0 Å². The molecule has 8 nitrogen and oxygen atoms in total. The molecule has 0 aliphatic carbocycles. The molecule has 0 spiro atoms. The van der Waals surface area contributed by atoms with Crippen molar-refractivity contribution in [3.63, 3.8) is 0 Å². The van der Waals surface area contributed by atoms with E-state index in [2.05, 4.69) is 27.2 Å². The number of hydrogen-bond acceptors (Lipinski definition) is 6. The van der Waals surface area contributed by atoms with E-state index >= 15 is 4.39 Å². The van der Waals surface area contributed by atoms with E-state index in [9.17, 15) is 13.2 Å². The number of amides is 1. The highest BCUT2D eigenvalue weighted by molar-refractivity contribution is 7.91. The van der Waals surface area contributed by atoms with Crippen LogP contribution in [0.5, 0.6) is 0 Å². The van der Waals surface area contributed by atoms with Gasteiger partial charge in [0.1, 0.15) is 16.4 Å². The van der Waals surface area contributed by atoms with Gasteiger partial charge in [-0.25, -0.2) is 17.5 Å². The maximum Gasteiger partial charge on any atom is 0.273 e. The van der Waals surface area contributed by atoms with Crippen molar-refractivity contribution in [1.29, 1.82) is 0 Å². The zero-order chi connectivity index (χ0) is 28.4. The van der Waals surface area contributed by atoms with Gasteiger partial charge in [-0.2, -0.15) is 5.10 Å². The predicted octanol–water partition coefficient (Wildman–Crippen LogP) is 3.95. The molecule has 3 aromatic rings. The molecule has 1 aliphatic rings. The van der Waals surface area contributed by atoms with Crippen LogP contribution in [0.2, 0.25) is 5.02 Å². The third kappa shape index (κ3) is 7.05. The van der Waals surface area contributed by atoms with Gasteiger partial charge in [0.2, 0.25) is 0 Å². The van der Waals surface area contributed by atoms with Crippen molar-refractivity contribution in [3.8, 4) is 28.8 Å². The van der Waals surface area contributed by atoms with Crippen molar-refractivity contribution in [3.05, 3.63) is 64.6 Å². The van der Waals surface area contributed by atoms with E-state index in [0.29, 0.717) is 35.9 Å². The number of nitrogens with one attached hydrogen (secondary N) is 1. The zero-order valence-electron chi connectivity index (χ0n) is 22.2. The first kappa shape index (κ1) is 28.8. The molecule has 1 fully saturated rings. The van der Waals surface area contributed by atoms with Gasteiger partial charge in [0.05, 0.1) is 25.5 Å². The summed E-state index contributed by atoms with van der Waals surface area (Å²) in [6.45, 7) is 8.75. The van der Waals surface area contributed by atoms with Crippen LogP contribution < -0.4 is 5.32 Å². The van der Waals surface area contributed by atoms with E-state index in [1.54, 1.807) is 51.1 Å². The molecule has 0 bridgehead atoms. The van der Waals surface area contributed by atoms with Gasteiger partial charge >= 0.3 is 0 Å². The number of carbonyl (C=O) groups is 1. The Morgan fingerprint density at radius 3 is 2.41 bits per heavy atom. The molecule has 1 N–H and O–H groups in total. The average Bonchev–Trinajstić information content (AvgIpc) is 3.26. The monoisotopic (exact) mass is 572 g/mol. The Bertz CT molecular complexity index is 1550. The van der Waals surface area contributed by atoms with Gasteiger partial charge in [-0.3, -0.25) is 9.69 Å². The van der Waals surface area contributed by atoms with Crippen LogP contribution >= 0.6 is 11.6 Å². The SMILES string of the molecule is CC(C)(C)NC(=O)c1nn(-c2ccc(C#CCN3CCOCC3)cc2F)c(-c2ccc(Cl)cc2)c1S(C)(=O)=O. The van der Waals surface area contributed by atoms with Crippen LogP contribution in [0.4, 0.5) is 4.39 Å². The van der Waals surface area contributed by atoms with Gasteiger partial charge in [0.15, 0.2) is 15.5 Å². The van der Waals surface area contributed by atoms with E-state index in [1.807, 2.05) is 0 Å². The van der Waals surface area contributed by atoms with E-state index in [0.717, 1.165) is 24.0 Å². The van der Waals surface area contributed by atoms with Gasteiger partial charge in [-0.1, -0.05) is 35.6 Å². The molecular weight excluding hydrogens is 543 g/mol. The van der Waals surface area contributed by atoms with Crippen LogP contribution in [0.25, 0.3) is 16.9 Å². The largest absolute Gasteiger partial charge is 0.379 e. The maximum atomic E-state index is 15.6. The number of nitrogens with zero attached hydrogens (tertiary/aromatic N) is 3. The molecule has 39 heavy (non-hydrogen) atoms. The smallest absolute Gasteiger partial charge is 0.273 e. The fourth-order valence-electron chi connectivity index (χ4n) is 4.11. The van der Waals surface area contributed by atoms with E-state index < -0.39 is 27.1 Å². The highest BCUT2D eigenvalue weighted by Crippen LogP contribution is 2.34. The Morgan fingerprint density at radius 2 is 1.82 bits per heavy atom. The number of halogens is 2. The molecule has 0 atom stereocenters. The number of benzene rings is 2. The zero-order valence-corrected chi connectivity index (χ0v) is 23.8. The minimum Gasteiger partial charge on any atom is -0.379 e. The lowest BCUT2D eigenvalue weighted by Crippen LogP contribution is -2.41. The van der Waals surface area contributed by atoms with Crippen molar-refractivity contribution < 1.29 is 22.3 Å². The minimum absolute atomic E-state index is 0.0293. The van der Waals surface area contributed by atoms with Crippen LogP contribution in [-0.2, 0) is 14.6 Å². The van der Waals surface area contributed by atoms with Gasteiger partial charge in [0, 0.05) is 41.0 Å². The molecule has 206 valence electrons. The van der Waals surface area contributed by atoms with Crippen molar-refractivity contribution in [2.24, 2.45) is 0 Å². The molecule has 1 aliphatic heterocycles. The van der Waals surface area contributed by atoms with Crippen molar-refractivity contribution in [1.82, 2.24) is 20.0 Å². The first-order chi connectivity index (χ1) is 18.3. The van der Waals surface area contributed by atoms with Gasteiger partial charge in [-0.15, -0.1) is 0 Å². The van der Waals surface area contributed by atoms with Gasteiger partial charge in [0.25, 0.3) is 5.91 Å². The fraction of sp³-hybridized carbons (Fsp3) is 0.357. The molecule has 2 aromatic carbocycles. The summed E-state index contributed by atoms with van der Waals surface area (Å²) < 4.78 is 48.1. The summed E-state index contributed by atoms with van der Waals surface area (Å²) in [7, 11) is -3.99. The second-order valence-electron chi connectivity index (χ2n) is 10.3. The van der Waals surface area contributed by atoms with Gasteiger partial charge in [-0.05, 0) is 51.1 Å². The summed E-state index contributed by atoms with van der Waals surface area (Å²) in [5.41, 5.74) is -0.111. The van der Waals surface area contributed by atoms with E-state index in [-0.39, 0.29) is 22.0 Å². The topological polar surface area (TPSA) is 93.5 Å². The predicted molar refractivity (Wildman–Crippen MR) is 148 cm³/mol. The number of morpholine rings is 1. The number of rotatable bonds is 5. The second kappa shape index (κ2) is 11.5. The first-order valence-corrected chi connectivity index (χ1v) is 14.6. The van der Waals surface area contributed by atoms with Crippen molar-refractivity contribution >= 4 is 27.3 Å². The molecule has 2 heterocycles. The number of carbonyl (C=O) groups excluding carboxylic acids is 1. The Balaban J connectivity index is 1.83. The molecule has 11 heteroatoms. The molecule has 4 rings (SSSR count). The van der Waals surface area contributed by atoms with Crippen LogP contribution in [0.1, 0.15) is 36.8 Å². The van der Waals surface area contributed by atoms with Crippen molar-refractivity contribution in [2.75, 3.05) is 39.1 Å².